The van der Waals surface area contributed by atoms with E-state index in [1.807, 2.05) is 21.9 Å². The van der Waals surface area contributed by atoms with Gasteiger partial charge in [-0.05, 0) is 49.4 Å². The van der Waals surface area contributed by atoms with E-state index in [1.165, 1.54) is 13.0 Å². The predicted molar refractivity (Wildman–Crippen MR) is 110 cm³/mol. The Labute approximate surface area is 175 Å². The lowest BCUT2D eigenvalue weighted by Gasteiger charge is -2.52. The molecule has 2 aromatic rings. The highest BCUT2D eigenvalue weighted by Gasteiger charge is 2.54. The van der Waals surface area contributed by atoms with Crippen molar-refractivity contribution in [2.75, 3.05) is 6.54 Å². The van der Waals surface area contributed by atoms with Crippen molar-refractivity contribution in [1.82, 2.24) is 25.0 Å². The number of carbonyl (C=O) groups excluding carboxylic acids is 3. The summed E-state index contributed by atoms with van der Waals surface area (Å²) in [5.41, 5.74) is 1.25. The SMILES string of the molecule is CC[C@@H]1N(C(=O)c2cc(C(C)=O)n[nH]2)CCC[C@]12CCC(=O)N2Cc1ccncc1. The normalized spacial score (nSPS) is 23.9. The molecule has 4 heterocycles. The lowest BCUT2D eigenvalue weighted by Crippen LogP contribution is -2.64. The third-order valence-electron chi connectivity index (χ3n) is 6.52. The third-order valence-corrected chi connectivity index (χ3v) is 6.52. The molecule has 0 aromatic carbocycles. The van der Waals surface area contributed by atoms with E-state index in [0.29, 0.717) is 25.2 Å². The molecule has 2 aliphatic rings. The number of Topliss-reactive ketones (excluding diaryl/α,β-unsaturated/α-hetero) is 1. The summed E-state index contributed by atoms with van der Waals surface area (Å²) in [5, 5.41) is 6.68. The van der Waals surface area contributed by atoms with E-state index in [9.17, 15) is 14.4 Å². The van der Waals surface area contributed by atoms with Gasteiger partial charge in [0, 0.05) is 38.8 Å². The summed E-state index contributed by atoms with van der Waals surface area (Å²) in [7, 11) is 0. The van der Waals surface area contributed by atoms with Crippen molar-refractivity contribution in [2.45, 2.75) is 64.1 Å². The highest BCUT2D eigenvalue weighted by molar-refractivity contribution is 5.97. The molecule has 1 N–H and O–H groups in total. The number of hydrogen-bond acceptors (Lipinski definition) is 5. The van der Waals surface area contributed by atoms with E-state index in [4.69, 9.17) is 0 Å². The first-order valence-electron chi connectivity index (χ1n) is 10.5. The van der Waals surface area contributed by atoms with Crippen molar-refractivity contribution in [2.24, 2.45) is 0 Å². The topological polar surface area (TPSA) is 99.3 Å². The van der Waals surface area contributed by atoms with Crippen molar-refractivity contribution in [3.63, 3.8) is 0 Å². The number of hydrogen-bond donors (Lipinski definition) is 1. The molecule has 2 aliphatic heterocycles. The Balaban J connectivity index is 1.64. The summed E-state index contributed by atoms with van der Waals surface area (Å²) in [4.78, 5) is 45.7. The molecular weight excluding hydrogens is 382 g/mol. The molecular formula is C22H27N5O3. The molecule has 0 saturated carbocycles. The minimum absolute atomic E-state index is 0.0869. The number of ketones is 1. The number of amides is 2. The minimum Gasteiger partial charge on any atom is -0.332 e. The van der Waals surface area contributed by atoms with Gasteiger partial charge in [0.15, 0.2) is 5.78 Å². The van der Waals surface area contributed by atoms with Gasteiger partial charge in [-0.15, -0.1) is 0 Å². The van der Waals surface area contributed by atoms with Gasteiger partial charge >= 0.3 is 0 Å². The molecule has 8 heteroatoms. The lowest BCUT2D eigenvalue weighted by atomic mass is 9.77. The Morgan fingerprint density at radius 3 is 2.70 bits per heavy atom. The highest BCUT2D eigenvalue weighted by atomic mass is 16.2. The maximum absolute atomic E-state index is 13.3. The largest absolute Gasteiger partial charge is 0.332 e. The standard InChI is InChI=1S/C22H27N5O3/c1-3-19-22(9-5-20(29)27(22)14-16-6-10-23-11-7-16)8-4-12-26(19)21(30)18-13-17(15(2)28)24-25-18/h6-7,10-11,13,19H,3-5,8-9,12,14H2,1-2H3,(H,24,25)/t19-,22-/m0/s1. The molecule has 2 fully saturated rings. The van der Waals surface area contributed by atoms with Crippen molar-refractivity contribution in [3.8, 4) is 0 Å². The van der Waals surface area contributed by atoms with E-state index in [-0.39, 0.29) is 34.9 Å². The Kier molecular flexibility index (Phi) is 5.40. The molecule has 0 aliphatic carbocycles. The second kappa shape index (κ2) is 8.01. The summed E-state index contributed by atoms with van der Waals surface area (Å²) in [5.74, 6) is -0.207. The van der Waals surface area contributed by atoms with Crippen LogP contribution in [-0.4, -0.2) is 60.7 Å². The van der Waals surface area contributed by atoms with E-state index in [2.05, 4.69) is 22.1 Å². The molecule has 0 unspecified atom stereocenters. The Hall–Kier alpha value is -3.03. The molecule has 1 spiro atoms. The number of piperidine rings is 1. The van der Waals surface area contributed by atoms with Gasteiger partial charge < -0.3 is 9.80 Å². The third kappa shape index (κ3) is 3.40. The fourth-order valence-corrected chi connectivity index (χ4v) is 5.14. The van der Waals surface area contributed by atoms with Gasteiger partial charge in [0.2, 0.25) is 5.91 Å². The first kappa shape index (κ1) is 20.3. The minimum atomic E-state index is -0.369. The molecule has 0 radical (unpaired) electrons. The van der Waals surface area contributed by atoms with Crippen LogP contribution in [0.2, 0.25) is 0 Å². The van der Waals surface area contributed by atoms with E-state index in [0.717, 1.165) is 31.2 Å². The lowest BCUT2D eigenvalue weighted by molar-refractivity contribution is -0.135. The van der Waals surface area contributed by atoms with Gasteiger partial charge in [-0.25, -0.2) is 0 Å². The van der Waals surface area contributed by atoms with Gasteiger partial charge in [-0.2, -0.15) is 5.10 Å². The average Bonchev–Trinajstić information content (AvgIpc) is 3.36. The van der Waals surface area contributed by atoms with Crippen LogP contribution in [0, 0.1) is 0 Å². The van der Waals surface area contributed by atoms with Crippen LogP contribution < -0.4 is 0 Å². The molecule has 2 aromatic heterocycles. The molecule has 2 atom stereocenters. The maximum atomic E-state index is 13.3. The first-order chi connectivity index (χ1) is 14.5. The second-order valence-corrected chi connectivity index (χ2v) is 8.19. The number of pyridine rings is 1. The number of nitrogens with one attached hydrogen (secondary N) is 1. The average molecular weight is 409 g/mol. The Morgan fingerprint density at radius 2 is 2.03 bits per heavy atom. The number of likely N-dealkylation sites (tertiary alicyclic amines) is 2. The van der Waals surface area contributed by atoms with Gasteiger partial charge in [0.25, 0.3) is 5.91 Å². The quantitative estimate of drug-likeness (QED) is 0.765. The fourth-order valence-electron chi connectivity index (χ4n) is 5.14. The summed E-state index contributed by atoms with van der Waals surface area (Å²) in [6, 6.07) is 5.29. The zero-order valence-electron chi connectivity index (χ0n) is 17.4. The zero-order valence-corrected chi connectivity index (χ0v) is 17.4. The van der Waals surface area contributed by atoms with Gasteiger partial charge in [0.05, 0.1) is 11.6 Å². The summed E-state index contributed by atoms with van der Waals surface area (Å²) in [6.45, 7) is 4.65. The summed E-state index contributed by atoms with van der Waals surface area (Å²) in [6.07, 6.45) is 7.19. The molecule has 8 nitrogen and oxygen atoms in total. The van der Waals surface area contributed by atoms with Crippen molar-refractivity contribution in [3.05, 3.63) is 47.5 Å². The highest BCUT2D eigenvalue weighted by Crippen LogP contribution is 2.44. The molecule has 30 heavy (non-hydrogen) atoms. The van der Waals surface area contributed by atoms with Crippen LogP contribution in [0.5, 0.6) is 0 Å². The summed E-state index contributed by atoms with van der Waals surface area (Å²) < 4.78 is 0. The second-order valence-electron chi connectivity index (χ2n) is 8.19. The fraction of sp³-hybridized carbons (Fsp3) is 0.500. The Bertz CT molecular complexity index is 957. The molecule has 158 valence electrons. The number of aromatic amines is 1. The molecule has 4 rings (SSSR count). The van der Waals surface area contributed by atoms with Crippen LogP contribution >= 0.6 is 0 Å². The van der Waals surface area contributed by atoms with Crippen molar-refractivity contribution in [1.29, 1.82) is 0 Å². The maximum Gasteiger partial charge on any atom is 0.272 e. The van der Waals surface area contributed by atoms with E-state index < -0.39 is 0 Å². The van der Waals surface area contributed by atoms with Crippen molar-refractivity contribution < 1.29 is 14.4 Å². The molecule has 0 bridgehead atoms. The van der Waals surface area contributed by atoms with E-state index in [1.54, 1.807) is 12.4 Å². The van der Waals surface area contributed by atoms with Crippen LogP contribution in [0.15, 0.2) is 30.6 Å². The predicted octanol–water partition coefficient (Wildman–Crippen LogP) is 2.58. The number of rotatable bonds is 5. The van der Waals surface area contributed by atoms with Crippen LogP contribution in [-0.2, 0) is 11.3 Å². The molecule has 2 amide bonds. The number of carbonyl (C=O) groups is 3. The number of aromatic nitrogens is 3. The smallest absolute Gasteiger partial charge is 0.272 e. The zero-order chi connectivity index (χ0) is 21.3. The van der Waals surface area contributed by atoms with Crippen LogP contribution in [0.25, 0.3) is 0 Å². The van der Waals surface area contributed by atoms with Crippen molar-refractivity contribution >= 4 is 17.6 Å². The first-order valence-corrected chi connectivity index (χ1v) is 10.5. The summed E-state index contributed by atoms with van der Waals surface area (Å²) >= 11 is 0. The molecule has 2 saturated heterocycles. The monoisotopic (exact) mass is 409 g/mol. The van der Waals surface area contributed by atoms with Gasteiger partial charge in [-0.1, -0.05) is 6.92 Å². The van der Waals surface area contributed by atoms with Crippen LogP contribution in [0.1, 0.15) is 72.5 Å². The van der Waals surface area contributed by atoms with Crippen LogP contribution in [0.4, 0.5) is 0 Å². The van der Waals surface area contributed by atoms with Crippen LogP contribution in [0.3, 0.4) is 0 Å². The Morgan fingerprint density at radius 1 is 1.27 bits per heavy atom. The number of H-pyrrole nitrogens is 1. The number of nitrogens with zero attached hydrogens (tertiary/aromatic N) is 4. The van der Waals surface area contributed by atoms with Gasteiger partial charge in [-0.3, -0.25) is 24.5 Å². The van der Waals surface area contributed by atoms with E-state index >= 15 is 0 Å². The van der Waals surface area contributed by atoms with Gasteiger partial charge in [0.1, 0.15) is 11.4 Å².